The highest BCUT2D eigenvalue weighted by Crippen LogP contribution is 2.56. The highest BCUT2D eigenvalue weighted by molar-refractivity contribution is 5.80. The summed E-state index contributed by atoms with van der Waals surface area (Å²) < 4.78 is 5.72. The number of hydrogen-bond donors (Lipinski definition) is 0. The fourth-order valence-electron chi connectivity index (χ4n) is 5.26. The lowest BCUT2D eigenvalue weighted by Crippen LogP contribution is -2.38. The maximum absolute atomic E-state index is 9.67. The lowest BCUT2D eigenvalue weighted by molar-refractivity contribution is 0.406. The van der Waals surface area contributed by atoms with Crippen molar-refractivity contribution in [3.63, 3.8) is 0 Å². The Morgan fingerprint density at radius 3 is 1.66 bits per heavy atom. The van der Waals surface area contributed by atoms with Crippen LogP contribution in [0.2, 0.25) is 0 Å². The van der Waals surface area contributed by atoms with Crippen molar-refractivity contribution in [3.05, 3.63) is 98.4 Å². The molecule has 3 aromatic rings. The zero-order valence-corrected chi connectivity index (χ0v) is 17.0. The lowest BCUT2D eigenvalue weighted by Gasteiger charge is -2.43. The first-order valence-electron chi connectivity index (χ1n) is 9.97. The molecule has 5 heteroatoms. The van der Waals surface area contributed by atoms with Crippen molar-refractivity contribution >= 4 is 11.1 Å². The summed E-state index contributed by atoms with van der Waals surface area (Å²) in [6.45, 7) is 0. The number of nitrogens with zero attached hydrogens (tertiary/aromatic N) is 4. The van der Waals surface area contributed by atoms with Gasteiger partial charge in [-0.1, -0.05) is 48.5 Å². The van der Waals surface area contributed by atoms with Crippen molar-refractivity contribution in [3.8, 4) is 30.0 Å². The summed E-state index contributed by atoms with van der Waals surface area (Å²) in [5.41, 5.74) is 5.83. The first-order chi connectivity index (χ1) is 15.7. The zero-order valence-electron chi connectivity index (χ0n) is 17.0. The van der Waals surface area contributed by atoms with Gasteiger partial charge in [0.1, 0.15) is 41.2 Å². The van der Waals surface area contributed by atoms with E-state index >= 15 is 0 Å². The monoisotopic (exact) mass is 410 g/mol. The molecule has 0 N–H and O–H groups in total. The zero-order chi connectivity index (χ0) is 22.4. The van der Waals surface area contributed by atoms with E-state index in [9.17, 15) is 21.0 Å². The Morgan fingerprint density at radius 2 is 1.12 bits per heavy atom. The maximum atomic E-state index is 9.67. The van der Waals surface area contributed by atoms with E-state index in [0.717, 1.165) is 39.1 Å². The Morgan fingerprint density at radius 1 is 0.625 bits per heavy atom. The van der Waals surface area contributed by atoms with Crippen LogP contribution in [0.5, 0.6) is 5.75 Å². The summed E-state index contributed by atoms with van der Waals surface area (Å²) in [7, 11) is 1.63. The lowest BCUT2D eigenvalue weighted by atomic mass is 9.60. The molecule has 0 fully saturated rings. The highest BCUT2D eigenvalue weighted by Gasteiger charge is 2.44. The van der Waals surface area contributed by atoms with E-state index < -0.39 is 0 Å². The van der Waals surface area contributed by atoms with Crippen LogP contribution in [0.4, 0.5) is 0 Å². The predicted molar refractivity (Wildman–Crippen MR) is 116 cm³/mol. The maximum Gasteiger partial charge on any atom is 0.137 e. The smallest absolute Gasteiger partial charge is 0.137 e. The van der Waals surface area contributed by atoms with Gasteiger partial charge in [0.05, 0.1) is 7.11 Å². The third-order valence-corrected chi connectivity index (χ3v) is 6.39. The molecule has 0 heterocycles. The third kappa shape index (κ3) is 2.34. The average Bonchev–Trinajstić information content (AvgIpc) is 2.85. The fourth-order valence-corrected chi connectivity index (χ4v) is 5.26. The van der Waals surface area contributed by atoms with Crippen LogP contribution in [-0.2, 0) is 0 Å². The van der Waals surface area contributed by atoms with Gasteiger partial charge in [0.15, 0.2) is 0 Å². The van der Waals surface area contributed by atoms with Crippen LogP contribution in [0.1, 0.15) is 45.2 Å². The Kier molecular flexibility index (Phi) is 4.27. The van der Waals surface area contributed by atoms with E-state index in [2.05, 4.69) is 12.1 Å². The second-order valence-electron chi connectivity index (χ2n) is 7.64. The molecule has 3 aliphatic rings. The minimum atomic E-state index is -0.289. The van der Waals surface area contributed by atoms with Crippen LogP contribution in [0.3, 0.4) is 0 Å². The molecule has 148 valence electrons. The number of methoxy groups -OCH3 is 1. The molecular weight excluding hydrogens is 396 g/mol. The molecular formula is C27H14N4O. The van der Waals surface area contributed by atoms with Crippen LogP contribution in [-0.4, -0.2) is 7.11 Å². The molecule has 3 aliphatic carbocycles. The highest BCUT2D eigenvalue weighted by atomic mass is 16.5. The summed E-state index contributed by atoms with van der Waals surface area (Å²) in [4.78, 5) is 0. The first kappa shape index (κ1) is 19.1. The van der Waals surface area contributed by atoms with E-state index in [0.29, 0.717) is 10.4 Å². The summed E-state index contributed by atoms with van der Waals surface area (Å²) in [5.74, 6) is 0.193. The molecule has 0 saturated carbocycles. The van der Waals surface area contributed by atoms with Crippen molar-refractivity contribution < 1.29 is 4.74 Å². The van der Waals surface area contributed by atoms with Gasteiger partial charge in [-0.05, 0) is 33.9 Å². The molecule has 5 nitrogen and oxygen atoms in total. The molecule has 3 aromatic carbocycles. The molecule has 0 aromatic heterocycles. The van der Waals surface area contributed by atoms with Gasteiger partial charge in [-0.3, -0.25) is 0 Å². The molecule has 0 saturated heterocycles. The average molecular weight is 410 g/mol. The second kappa shape index (κ2) is 7.14. The van der Waals surface area contributed by atoms with Crippen molar-refractivity contribution in [2.24, 2.45) is 0 Å². The molecule has 0 amide bonds. The van der Waals surface area contributed by atoms with Gasteiger partial charge in [-0.25, -0.2) is 0 Å². The number of benzene rings is 3. The van der Waals surface area contributed by atoms with E-state index in [1.165, 1.54) is 0 Å². The van der Waals surface area contributed by atoms with Gasteiger partial charge in [-0.15, -0.1) is 0 Å². The topological polar surface area (TPSA) is 104 Å². The number of ether oxygens (including phenoxy) is 1. The SMILES string of the molecule is COc1cccc2c1[C@H]1c3ccccc3[C@H]2c2c1c(=C(C#N)C#N)ccc2=C(C#N)C#N. The Labute approximate surface area is 184 Å². The standard InChI is InChI=1S/C27H14N4O/c1-32-22-8-4-7-21-23-19-5-2-3-6-20(19)27(24(21)22)26-18(16(13-30)14-31)10-9-17(25(23)26)15(11-28)12-29/h2-10,23,27H,1H3/t23-,27-/m1/s1. The van der Waals surface area contributed by atoms with E-state index in [1.54, 1.807) is 19.2 Å². The first-order valence-corrected chi connectivity index (χ1v) is 9.97. The number of hydrogen-bond acceptors (Lipinski definition) is 5. The molecule has 0 spiro atoms. The molecule has 0 radical (unpaired) electrons. The Balaban J connectivity index is 2.09. The quantitative estimate of drug-likeness (QED) is 0.422. The van der Waals surface area contributed by atoms with Crippen LogP contribution < -0.4 is 15.2 Å². The van der Waals surface area contributed by atoms with Crippen molar-refractivity contribution in [2.45, 2.75) is 11.8 Å². The van der Waals surface area contributed by atoms with Gasteiger partial charge in [0, 0.05) is 27.8 Å². The summed E-state index contributed by atoms with van der Waals surface area (Å²) in [5, 5.41) is 39.7. The van der Waals surface area contributed by atoms with Crippen LogP contribution in [0.15, 0.2) is 54.6 Å². The van der Waals surface area contributed by atoms with Crippen LogP contribution >= 0.6 is 0 Å². The molecule has 6 rings (SSSR count). The summed E-state index contributed by atoms with van der Waals surface area (Å²) in [6.07, 6.45) is 0. The number of rotatable bonds is 1. The minimum absolute atomic E-state index is 0.00439. The molecule has 32 heavy (non-hydrogen) atoms. The van der Waals surface area contributed by atoms with Gasteiger partial charge < -0.3 is 4.74 Å². The predicted octanol–water partition coefficient (Wildman–Crippen LogP) is 3.08. The summed E-state index contributed by atoms with van der Waals surface area (Å²) >= 11 is 0. The Hall–Kier alpha value is -4.84. The van der Waals surface area contributed by atoms with Gasteiger partial charge >= 0.3 is 0 Å². The van der Waals surface area contributed by atoms with Crippen molar-refractivity contribution in [1.82, 2.24) is 0 Å². The fraction of sp³-hybridized carbons (Fsp3) is 0.111. The number of nitriles is 4. The molecule has 2 bridgehead atoms. The molecule has 2 atom stereocenters. The molecule has 0 aliphatic heterocycles. The molecule has 0 unspecified atom stereocenters. The minimum Gasteiger partial charge on any atom is -0.496 e. The van der Waals surface area contributed by atoms with E-state index in [1.807, 2.05) is 54.6 Å². The van der Waals surface area contributed by atoms with E-state index in [4.69, 9.17) is 4.74 Å². The van der Waals surface area contributed by atoms with Crippen molar-refractivity contribution in [2.75, 3.05) is 7.11 Å². The van der Waals surface area contributed by atoms with Crippen LogP contribution in [0.25, 0.3) is 11.1 Å². The summed E-state index contributed by atoms with van der Waals surface area (Å²) in [6, 6.07) is 25.4. The van der Waals surface area contributed by atoms with E-state index in [-0.39, 0.29) is 23.0 Å². The van der Waals surface area contributed by atoms with Gasteiger partial charge in [-0.2, -0.15) is 21.0 Å². The third-order valence-electron chi connectivity index (χ3n) is 6.39. The Bertz CT molecular complexity index is 1590. The second-order valence-corrected chi connectivity index (χ2v) is 7.64. The van der Waals surface area contributed by atoms with Gasteiger partial charge in [0.2, 0.25) is 0 Å². The normalized spacial score (nSPS) is 16.2. The van der Waals surface area contributed by atoms with Gasteiger partial charge in [0.25, 0.3) is 0 Å². The van der Waals surface area contributed by atoms with Crippen molar-refractivity contribution in [1.29, 1.82) is 21.0 Å². The van der Waals surface area contributed by atoms with Crippen LogP contribution in [0, 0.1) is 45.3 Å². The largest absolute Gasteiger partial charge is 0.496 e.